The van der Waals surface area contributed by atoms with E-state index >= 15 is 0 Å². The maximum atomic E-state index is 13.0. The van der Waals surface area contributed by atoms with E-state index in [2.05, 4.69) is 0 Å². The molecule has 0 aliphatic heterocycles. The largest absolute Gasteiger partial charge is 0.391 e. The molecule has 0 saturated carbocycles. The molecule has 1 aromatic rings. The Hall–Kier alpha value is -1.00. The van der Waals surface area contributed by atoms with Crippen LogP contribution in [0.15, 0.2) is 18.2 Å². The van der Waals surface area contributed by atoms with Crippen LogP contribution in [0.5, 0.6) is 0 Å². The highest BCUT2D eigenvalue weighted by Crippen LogP contribution is 2.20. The van der Waals surface area contributed by atoms with E-state index in [1.807, 2.05) is 32.8 Å². The quantitative estimate of drug-likeness (QED) is 0.876. The monoisotopic (exact) mass is 243 g/mol. The molecule has 0 bridgehead atoms. The summed E-state index contributed by atoms with van der Waals surface area (Å²) in [6, 6.07) is 3.32. The van der Waals surface area contributed by atoms with Crippen molar-refractivity contribution in [3.63, 3.8) is 0 Å². The fourth-order valence-electron chi connectivity index (χ4n) is 1.50. The van der Waals surface area contributed by atoms with Gasteiger partial charge in [-0.05, 0) is 45.6 Å². The lowest BCUT2D eigenvalue weighted by Crippen LogP contribution is -2.49. The van der Waals surface area contributed by atoms with Crippen molar-refractivity contribution >= 4 is 0 Å². The molecule has 1 unspecified atom stereocenters. The first-order chi connectivity index (χ1) is 7.73. The van der Waals surface area contributed by atoms with E-state index in [0.29, 0.717) is 5.56 Å². The Balaban J connectivity index is 2.84. The van der Waals surface area contributed by atoms with E-state index in [9.17, 15) is 13.9 Å². The van der Waals surface area contributed by atoms with Crippen molar-refractivity contribution < 1.29 is 13.9 Å². The number of nitrogens with zero attached hydrogens (tertiary/aromatic N) is 1. The smallest absolute Gasteiger partial charge is 0.126 e. The Morgan fingerprint density at radius 2 is 1.65 bits per heavy atom. The molecule has 1 aromatic carbocycles. The molecule has 1 N–H and O–H groups in total. The van der Waals surface area contributed by atoms with Crippen LogP contribution < -0.4 is 0 Å². The maximum Gasteiger partial charge on any atom is 0.126 e. The number of hydrogen-bond acceptors (Lipinski definition) is 2. The van der Waals surface area contributed by atoms with Gasteiger partial charge in [0.1, 0.15) is 11.6 Å². The minimum Gasteiger partial charge on any atom is -0.391 e. The number of rotatable bonds is 4. The van der Waals surface area contributed by atoms with Crippen molar-refractivity contribution in [2.45, 2.75) is 31.9 Å². The Kier molecular flexibility index (Phi) is 4.22. The van der Waals surface area contributed by atoms with Gasteiger partial charge in [-0.3, -0.25) is 0 Å². The predicted octanol–water partition coefficient (Wildman–Crippen LogP) is 2.21. The maximum absolute atomic E-state index is 13.0. The van der Waals surface area contributed by atoms with E-state index in [0.717, 1.165) is 6.07 Å². The molecule has 4 heteroatoms. The number of aliphatic hydroxyl groups excluding tert-OH is 1. The van der Waals surface area contributed by atoms with Crippen LogP contribution in [0.3, 0.4) is 0 Å². The molecule has 0 aromatic heterocycles. The summed E-state index contributed by atoms with van der Waals surface area (Å²) < 4.78 is 26.0. The first kappa shape index (κ1) is 14.1. The first-order valence-electron chi connectivity index (χ1n) is 5.54. The second kappa shape index (κ2) is 5.10. The fourth-order valence-corrected chi connectivity index (χ4v) is 1.50. The average molecular weight is 243 g/mol. The SMILES string of the molecule is CN(C)C(C)(C)C(O)Cc1cc(F)cc(F)c1. The molecule has 0 saturated heterocycles. The second-order valence-corrected chi connectivity index (χ2v) is 5.05. The zero-order valence-corrected chi connectivity index (χ0v) is 10.7. The lowest BCUT2D eigenvalue weighted by atomic mass is 9.91. The summed E-state index contributed by atoms with van der Waals surface area (Å²) in [4.78, 5) is 1.88. The van der Waals surface area contributed by atoms with E-state index in [1.165, 1.54) is 12.1 Å². The summed E-state index contributed by atoms with van der Waals surface area (Å²) in [5, 5.41) is 10.1. The summed E-state index contributed by atoms with van der Waals surface area (Å²) in [6.45, 7) is 3.76. The summed E-state index contributed by atoms with van der Waals surface area (Å²) in [6.07, 6.45) is -0.474. The van der Waals surface area contributed by atoms with Gasteiger partial charge in [-0.25, -0.2) is 8.78 Å². The van der Waals surface area contributed by atoms with E-state index in [-0.39, 0.29) is 6.42 Å². The molecular formula is C13H19F2NO. The summed E-state index contributed by atoms with van der Waals surface area (Å²) >= 11 is 0. The normalized spacial score (nSPS) is 14.1. The molecule has 2 nitrogen and oxygen atoms in total. The molecule has 1 rings (SSSR count). The lowest BCUT2D eigenvalue weighted by Gasteiger charge is -2.37. The highest BCUT2D eigenvalue weighted by atomic mass is 19.1. The molecule has 0 fully saturated rings. The van der Waals surface area contributed by atoms with Crippen LogP contribution in [0.1, 0.15) is 19.4 Å². The highest BCUT2D eigenvalue weighted by molar-refractivity contribution is 5.19. The zero-order chi connectivity index (χ0) is 13.2. The third-order valence-corrected chi connectivity index (χ3v) is 3.32. The minimum atomic E-state index is -0.696. The topological polar surface area (TPSA) is 23.5 Å². The molecule has 0 spiro atoms. The van der Waals surface area contributed by atoms with Gasteiger partial charge in [-0.15, -0.1) is 0 Å². The van der Waals surface area contributed by atoms with Gasteiger partial charge in [0.15, 0.2) is 0 Å². The molecular weight excluding hydrogens is 224 g/mol. The van der Waals surface area contributed by atoms with Crippen molar-refractivity contribution in [3.05, 3.63) is 35.4 Å². The Morgan fingerprint density at radius 1 is 1.18 bits per heavy atom. The highest BCUT2D eigenvalue weighted by Gasteiger charge is 2.30. The fraction of sp³-hybridized carbons (Fsp3) is 0.538. The minimum absolute atomic E-state index is 0.222. The molecule has 17 heavy (non-hydrogen) atoms. The van der Waals surface area contributed by atoms with Crippen molar-refractivity contribution in [2.24, 2.45) is 0 Å². The average Bonchev–Trinajstić information content (AvgIpc) is 2.15. The van der Waals surface area contributed by atoms with E-state index in [4.69, 9.17) is 0 Å². The van der Waals surface area contributed by atoms with E-state index < -0.39 is 23.3 Å². The third kappa shape index (κ3) is 3.48. The van der Waals surface area contributed by atoms with Crippen molar-refractivity contribution in [1.82, 2.24) is 4.90 Å². The van der Waals surface area contributed by atoms with Crippen LogP contribution in [0.2, 0.25) is 0 Å². The van der Waals surface area contributed by atoms with Crippen LogP contribution in [0, 0.1) is 11.6 Å². The Labute approximate surface area is 101 Å². The molecule has 0 radical (unpaired) electrons. The number of halogens is 2. The van der Waals surface area contributed by atoms with Crippen LogP contribution in [-0.2, 0) is 6.42 Å². The molecule has 0 aliphatic rings. The van der Waals surface area contributed by atoms with Gasteiger partial charge in [-0.2, -0.15) is 0 Å². The van der Waals surface area contributed by atoms with Gasteiger partial charge in [0.2, 0.25) is 0 Å². The van der Waals surface area contributed by atoms with Crippen LogP contribution in [0.25, 0.3) is 0 Å². The molecule has 0 amide bonds. The third-order valence-electron chi connectivity index (χ3n) is 3.32. The lowest BCUT2D eigenvalue weighted by molar-refractivity contribution is 0.0182. The molecule has 0 aliphatic carbocycles. The van der Waals surface area contributed by atoms with Gasteiger partial charge in [0.05, 0.1) is 6.10 Å². The van der Waals surface area contributed by atoms with Crippen molar-refractivity contribution in [2.75, 3.05) is 14.1 Å². The zero-order valence-electron chi connectivity index (χ0n) is 10.7. The molecule has 1 atom stereocenters. The summed E-state index contributed by atoms with van der Waals surface area (Å²) in [5.41, 5.74) is 0.00733. The van der Waals surface area contributed by atoms with Gasteiger partial charge >= 0.3 is 0 Å². The number of benzene rings is 1. The standard InChI is InChI=1S/C13H19F2NO/c1-13(2,16(3)4)12(17)7-9-5-10(14)8-11(15)6-9/h5-6,8,12,17H,7H2,1-4H3. The van der Waals surface area contributed by atoms with Gasteiger partial charge in [0.25, 0.3) is 0 Å². The van der Waals surface area contributed by atoms with Crippen LogP contribution in [-0.4, -0.2) is 35.7 Å². The Morgan fingerprint density at radius 3 is 2.06 bits per heavy atom. The van der Waals surface area contributed by atoms with Gasteiger partial charge in [-0.1, -0.05) is 0 Å². The van der Waals surface area contributed by atoms with Crippen LogP contribution in [0.4, 0.5) is 8.78 Å². The van der Waals surface area contributed by atoms with Crippen molar-refractivity contribution in [3.8, 4) is 0 Å². The Bertz CT molecular complexity index is 371. The number of likely N-dealkylation sites (N-methyl/N-ethyl adjacent to an activating group) is 1. The molecule has 96 valence electrons. The van der Waals surface area contributed by atoms with Crippen molar-refractivity contribution in [1.29, 1.82) is 0 Å². The molecule has 0 heterocycles. The summed E-state index contributed by atoms with van der Waals surface area (Å²) in [7, 11) is 3.71. The number of hydrogen-bond donors (Lipinski definition) is 1. The first-order valence-corrected chi connectivity index (χ1v) is 5.54. The van der Waals surface area contributed by atoms with Gasteiger partial charge < -0.3 is 10.0 Å². The van der Waals surface area contributed by atoms with E-state index in [1.54, 1.807) is 0 Å². The summed E-state index contributed by atoms with van der Waals surface area (Å²) in [5.74, 6) is -1.23. The van der Waals surface area contributed by atoms with Gasteiger partial charge in [0, 0.05) is 18.0 Å². The predicted molar refractivity (Wildman–Crippen MR) is 63.8 cm³/mol. The second-order valence-electron chi connectivity index (χ2n) is 5.05. The van der Waals surface area contributed by atoms with Crippen LogP contribution >= 0.6 is 0 Å². The number of aliphatic hydroxyl groups is 1.